The maximum atomic E-state index is 14.2. The summed E-state index contributed by atoms with van der Waals surface area (Å²) in [4.78, 5) is 4.38. The van der Waals surface area contributed by atoms with Crippen molar-refractivity contribution in [1.82, 2.24) is 9.55 Å². The van der Waals surface area contributed by atoms with Crippen LogP contribution in [0.5, 0.6) is 0 Å². The molecule has 0 bridgehead atoms. The first-order valence-electron chi connectivity index (χ1n) is 9.38. The van der Waals surface area contributed by atoms with Crippen molar-refractivity contribution in [2.75, 3.05) is 0 Å². The van der Waals surface area contributed by atoms with Gasteiger partial charge in [0.2, 0.25) is 0 Å². The molecule has 0 unspecified atom stereocenters. The monoisotopic (exact) mass is 410 g/mol. The van der Waals surface area contributed by atoms with Gasteiger partial charge in [-0.1, -0.05) is 13.8 Å². The average molecular weight is 410 g/mol. The third kappa shape index (κ3) is 4.28. The number of fused-ring (bicyclic) bond motifs is 1. The summed E-state index contributed by atoms with van der Waals surface area (Å²) in [6, 6.07) is 5.69. The highest BCUT2D eigenvalue weighted by molar-refractivity contribution is 5.82. The van der Waals surface area contributed by atoms with Crippen LogP contribution in [0.25, 0.3) is 10.9 Å². The van der Waals surface area contributed by atoms with Crippen LogP contribution < -0.4 is 0 Å². The van der Waals surface area contributed by atoms with E-state index in [4.69, 9.17) is 0 Å². The van der Waals surface area contributed by atoms with Crippen molar-refractivity contribution < 1.29 is 22.0 Å². The smallest absolute Gasteiger partial charge is 0.341 e. The van der Waals surface area contributed by atoms with Crippen LogP contribution in [0.1, 0.15) is 41.8 Å². The highest BCUT2D eigenvalue weighted by atomic mass is 19.4. The molecule has 0 saturated carbocycles. The second kappa shape index (κ2) is 7.43. The Morgan fingerprint density at radius 3 is 2.17 bits per heavy atom. The van der Waals surface area contributed by atoms with Gasteiger partial charge in [-0.25, -0.2) is 8.78 Å². The predicted octanol–water partition coefficient (Wildman–Crippen LogP) is 6.55. The Bertz CT molecular complexity index is 1010. The first kappa shape index (κ1) is 21.3. The minimum atomic E-state index is -4.40. The second-order valence-electron chi connectivity index (χ2n) is 7.81. The van der Waals surface area contributed by atoms with E-state index in [1.165, 1.54) is 18.4 Å². The van der Waals surface area contributed by atoms with Crippen molar-refractivity contribution in [3.63, 3.8) is 0 Å². The molecule has 0 spiro atoms. The highest BCUT2D eigenvalue weighted by Crippen LogP contribution is 2.33. The molecule has 0 fully saturated rings. The van der Waals surface area contributed by atoms with Crippen molar-refractivity contribution in [1.29, 1.82) is 0 Å². The van der Waals surface area contributed by atoms with Gasteiger partial charge in [0.1, 0.15) is 0 Å². The van der Waals surface area contributed by atoms with E-state index in [9.17, 15) is 22.0 Å². The SMILES string of the molecule is Cc1cc(C(F)(F)F)cc(C)c1Cc1nccc2c1ccn2CC(F)(F)C(C)C. The molecule has 0 aliphatic carbocycles. The molecule has 2 heterocycles. The lowest BCUT2D eigenvalue weighted by Gasteiger charge is -2.21. The van der Waals surface area contributed by atoms with Crippen LogP contribution in [0.4, 0.5) is 22.0 Å². The lowest BCUT2D eigenvalue weighted by molar-refractivity contribution is -0.137. The van der Waals surface area contributed by atoms with Gasteiger partial charge in [-0.2, -0.15) is 13.2 Å². The molecule has 0 N–H and O–H groups in total. The molecule has 2 nitrogen and oxygen atoms in total. The maximum Gasteiger partial charge on any atom is 0.416 e. The first-order chi connectivity index (χ1) is 13.4. The van der Waals surface area contributed by atoms with Gasteiger partial charge >= 0.3 is 6.18 Å². The lowest BCUT2D eigenvalue weighted by Crippen LogP contribution is -2.29. The minimum Gasteiger partial charge on any atom is -0.341 e. The molecule has 1 aromatic carbocycles. The molecular weight excluding hydrogens is 387 g/mol. The van der Waals surface area contributed by atoms with E-state index in [2.05, 4.69) is 4.98 Å². The van der Waals surface area contributed by atoms with Crippen LogP contribution in [-0.4, -0.2) is 15.5 Å². The number of aryl methyl sites for hydroxylation is 2. The number of benzene rings is 1. The van der Waals surface area contributed by atoms with Crippen molar-refractivity contribution in [3.05, 3.63) is 64.6 Å². The first-order valence-corrected chi connectivity index (χ1v) is 9.38. The number of hydrogen-bond donors (Lipinski definition) is 0. The number of alkyl halides is 5. The average Bonchev–Trinajstić information content (AvgIpc) is 3.00. The summed E-state index contributed by atoms with van der Waals surface area (Å²) in [5.74, 6) is -3.64. The minimum absolute atomic E-state index is 0.331. The molecule has 0 aliphatic rings. The predicted molar refractivity (Wildman–Crippen MR) is 103 cm³/mol. The summed E-state index contributed by atoms with van der Waals surface area (Å²) >= 11 is 0. The third-order valence-electron chi connectivity index (χ3n) is 5.37. The Hall–Kier alpha value is -2.44. The summed E-state index contributed by atoms with van der Waals surface area (Å²) < 4.78 is 69.0. The van der Waals surface area contributed by atoms with Crippen LogP contribution in [0, 0.1) is 19.8 Å². The molecule has 0 saturated heterocycles. The standard InChI is InChI=1S/C22H23F5N2/c1-13(2)21(23,24)12-29-8-6-17-19(28-7-5-20(17)29)11-18-14(3)9-16(10-15(18)4)22(25,26)27/h5-10,13H,11-12H2,1-4H3. The molecule has 2 aromatic heterocycles. The Labute approximate surface area is 166 Å². The third-order valence-corrected chi connectivity index (χ3v) is 5.37. The van der Waals surface area contributed by atoms with Crippen LogP contribution in [0.3, 0.4) is 0 Å². The van der Waals surface area contributed by atoms with E-state index >= 15 is 0 Å². The molecular formula is C22H23F5N2. The molecule has 156 valence electrons. The van der Waals surface area contributed by atoms with Gasteiger partial charge in [-0.15, -0.1) is 0 Å². The topological polar surface area (TPSA) is 17.8 Å². The Morgan fingerprint density at radius 2 is 1.62 bits per heavy atom. The summed E-state index contributed by atoms with van der Waals surface area (Å²) in [5.41, 5.74) is 2.43. The van der Waals surface area contributed by atoms with Gasteiger partial charge in [0, 0.05) is 30.1 Å². The fourth-order valence-corrected chi connectivity index (χ4v) is 3.47. The van der Waals surface area contributed by atoms with Gasteiger partial charge in [-0.3, -0.25) is 4.98 Å². The van der Waals surface area contributed by atoms with E-state index < -0.39 is 30.1 Å². The molecule has 0 atom stereocenters. The van der Waals surface area contributed by atoms with E-state index in [1.54, 1.807) is 38.4 Å². The second-order valence-corrected chi connectivity index (χ2v) is 7.81. The number of pyridine rings is 1. The number of hydrogen-bond acceptors (Lipinski definition) is 1. The van der Waals surface area contributed by atoms with E-state index in [0.29, 0.717) is 28.8 Å². The van der Waals surface area contributed by atoms with Crippen molar-refractivity contribution >= 4 is 10.9 Å². The zero-order valence-corrected chi connectivity index (χ0v) is 16.7. The van der Waals surface area contributed by atoms with Crippen LogP contribution in [0.15, 0.2) is 36.7 Å². The zero-order chi connectivity index (χ0) is 21.6. The number of halogens is 5. The zero-order valence-electron chi connectivity index (χ0n) is 16.7. The van der Waals surface area contributed by atoms with Gasteiger partial charge < -0.3 is 4.57 Å². The van der Waals surface area contributed by atoms with Crippen LogP contribution >= 0.6 is 0 Å². The maximum absolute atomic E-state index is 14.2. The Morgan fingerprint density at radius 1 is 1.00 bits per heavy atom. The molecule has 7 heteroatoms. The van der Waals surface area contributed by atoms with E-state index in [1.807, 2.05) is 0 Å². The highest BCUT2D eigenvalue weighted by Gasteiger charge is 2.34. The Balaban J connectivity index is 1.99. The summed E-state index contributed by atoms with van der Waals surface area (Å²) in [6.07, 6.45) is -0.905. The summed E-state index contributed by atoms with van der Waals surface area (Å²) in [5, 5.41) is 0.728. The van der Waals surface area contributed by atoms with Gasteiger partial charge in [-0.05, 0) is 54.8 Å². The van der Waals surface area contributed by atoms with Gasteiger partial charge in [0.15, 0.2) is 0 Å². The van der Waals surface area contributed by atoms with E-state index in [-0.39, 0.29) is 0 Å². The molecule has 29 heavy (non-hydrogen) atoms. The molecule has 3 aromatic rings. The largest absolute Gasteiger partial charge is 0.416 e. The fourth-order valence-electron chi connectivity index (χ4n) is 3.47. The van der Waals surface area contributed by atoms with Crippen molar-refractivity contribution in [2.24, 2.45) is 5.92 Å². The van der Waals surface area contributed by atoms with Gasteiger partial charge in [0.05, 0.1) is 23.3 Å². The summed E-state index contributed by atoms with van der Waals surface area (Å²) in [6.45, 7) is 5.82. The fraction of sp³-hybridized carbons (Fsp3) is 0.409. The quantitative estimate of drug-likeness (QED) is 0.436. The lowest BCUT2D eigenvalue weighted by atomic mass is 9.94. The van der Waals surface area contributed by atoms with Crippen molar-refractivity contribution in [2.45, 2.75) is 52.8 Å². The van der Waals surface area contributed by atoms with E-state index in [0.717, 1.165) is 23.1 Å². The Kier molecular flexibility index (Phi) is 5.45. The van der Waals surface area contributed by atoms with Gasteiger partial charge in [0.25, 0.3) is 5.92 Å². The molecule has 0 amide bonds. The molecule has 3 rings (SSSR count). The molecule has 0 aliphatic heterocycles. The van der Waals surface area contributed by atoms with Crippen LogP contribution in [-0.2, 0) is 19.1 Å². The normalized spacial score (nSPS) is 12.9. The summed E-state index contributed by atoms with van der Waals surface area (Å²) in [7, 11) is 0. The molecule has 0 radical (unpaired) electrons. The van der Waals surface area contributed by atoms with Crippen LogP contribution in [0.2, 0.25) is 0 Å². The number of nitrogens with zero attached hydrogens (tertiary/aromatic N) is 2. The van der Waals surface area contributed by atoms with Crippen molar-refractivity contribution in [3.8, 4) is 0 Å². The number of aromatic nitrogens is 2. The number of rotatable bonds is 5.